The summed E-state index contributed by atoms with van der Waals surface area (Å²) in [6.45, 7) is 5.80. The minimum atomic E-state index is -0.396. The van der Waals surface area contributed by atoms with Crippen molar-refractivity contribution >= 4 is 11.9 Å². The van der Waals surface area contributed by atoms with Crippen LogP contribution in [0.1, 0.15) is 32.6 Å². The third kappa shape index (κ3) is 5.09. The van der Waals surface area contributed by atoms with Crippen LogP contribution in [0.3, 0.4) is 0 Å². The van der Waals surface area contributed by atoms with Crippen LogP contribution in [0, 0.1) is 5.92 Å². The van der Waals surface area contributed by atoms with E-state index < -0.39 is 6.03 Å². The summed E-state index contributed by atoms with van der Waals surface area (Å²) in [5.41, 5.74) is 0. The van der Waals surface area contributed by atoms with Crippen LogP contribution in [0.5, 0.6) is 0 Å². The van der Waals surface area contributed by atoms with E-state index in [-0.39, 0.29) is 5.91 Å². The maximum absolute atomic E-state index is 11.9. The largest absolute Gasteiger partial charge is 0.338 e. The second-order valence-corrected chi connectivity index (χ2v) is 5.78. The summed E-state index contributed by atoms with van der Waals surface area (Å²) >= 11 is 0. The van der Waals surface area contributed by atoms with Crippen molar-refractivity contribution in [1.82, 2.24) is 20.9 Å². The third-order valence-corrected chi connectivity index (χ3v) is 3.89. The molecular weight excluding hydrogens is 256 g/mol. The van der Waals surface area contributed by atoms with Crippen LogP contribution < -0.4 is 16.0 Å². The number of urea groups is 1. The number of nitrogens with zero attached hydrogens (tertiary/aromatic N) is 1. The van der Waals surface area contributed by atoms with E-state index in [0.29, 0.717) is 25.0 Å². The van der Waals surface area contributed by atoms with Gasteiger partial charge in [0, 0.05) is 19.1 Å². The fourth-order valence-corrected chi connectivity index (χ4v) is 2.75. The normalized spacial score (nSPS) is 22.6. The number of hydrogen-bond donors (Lipinski definition) is 3. The molecule has 6 heteroatoms. The Balaban J connectivity index is 1.76. The maximum Gasteiger partial charge on any atom is 0.321 e. The molecule has 0 radical (unpaired) electrons. The molecule has 3 amide bonds. The molecule has 1 aliphatic carbocycles. The average molecular weight is 282 g/mol. The van der Waals surface area contributed by atoms with E-state index in [9.17, 15) is 9.59 Å². The Hall–Kier alpha value is -1.14. The Bertz CT molecular complexity index is 338. The molecule has 2 rings (SSSR count). The maximum atomic E-state index is 11.9. The Labute approximate surface area is 120 Å². The van der Waals surface area contributed by atoms with Crippen LogP contribution in [0.2, 0.25) is 0 Å². The first-order valence-corrected chi connectivity index (χ1v) is 7.71. The number of imide groups is 1. The first kappa shape index (κ1) is 15.3. The molecule has 2 aliphatic rings. The SMILES string of the molecule is CCNC(=O)NC(=O)CN(CC1CCCNC1)C1CC1. The second-order valence-electron chi connectivity index (χ2n) is 5.78. The number of carbonyl (C=O) groups excluding carboxylic acids is 2. The molecule has 0 aromatic carbocycles. The van der Waals surface area contributed by atoms with E-state index in [1.165, 1.54) is 25.7 Å². The smallest absolute Gasteiger partial charge is 0.321 e. The molecule has 1 unspecified atom stereocenters. The summed E-state index contributed by atoms with van der Waals surface area (Å²) in [5.74, 6) is 0.424. The lowest BCUT2D eigenvalue weighted by Crippen LogP contribution is -2.47. The molecule has 1 atom stereocenters. The van der Waals surface area contributed by atoms with Crippen molar-refractivity contribution in [1.29, 1.82) is 0 Å². The van der Waals surface area contributed by atoms with Crippen molar-refractivity contribution in [2.24, 2.45) is 5.92 Å². The van der Waals surface area contributed by atoms with Gasteiger partial charge in [0.1, 0.15) is 0 Å². The Morgan fingerprint density at radius 3 is 2.70 bits per heavy atom. The minimum absolute atomic E-state index is 0.202. The number of piperidine rings is 1. The highest BCUT2D eigenvalue weighted by Crippen LogP contribution is 2.28. The first-order chi connectivity index (χ1) is 9.69. The zero-order chi connectivity index (χ0) is 14.4. The molecule has 0 aromatic rings. The molecule has 3 N–H and O–H groups in total. The van der Waals surface area contributed by atoms with Crippen molar-refractivity contribution in [3.8, 4) is 0 Å². The summed E-state index contributed by atoms with van der Waals surface area (Å²) in [6, 6.07) is 0.143. The van der Waals surface area contributed by atoms with Crippen LogP contribution in [0.15, 0.2) is 0 Å². The lowest BCUT2D eigenvalue weighted by molar-refractivity contribution is -0.121. The van der Waals surface area contributed by atoms with Crippen molar-refractivity contribution in [2.75, 3.05) is 32.7 Å². The van der Waals surface area contributed by atoms with Crippen molar-refractivity contribution < 1.29 is 9.59 Å². The fraction of sp³-hybridized carbons (Fsp3) is 0.857. The molecule has 0 aromatic heterocycles. The molecule has 20 heavy (non-hydrogen) atoms. The van der Waals surface area contributed by atoms with E-state index in [2.05, 4.69) is 20.9 Å². The van der Waals surface area contributed by atoms with E-state index in [4.69, 9.17) is 0 Å². The van der Waals surface area contributed by atoms with Crippen LogP contribution in [-0.2, 0) is 4.79 Å². The summed E-state index contributed by atoms with van der Waals surface area (Å²) in [4.78, 5) is 25.5. The zero-order valence-corrected chi connectivity index (χ0v) is 12.3. The zero-order valence-electron chi connectivity index (χ0n) is 12.3. The summed E-state index contributed by atoms with van der Waals surface area (Å²) < 4.78 is 0. The van der Waals surface area contributed by atoms with Gasteiger partial charge in [0.25, 0.3) is 0 Å². The monoisotopic (exact) mass is 282 g/mol. The van der Waals surface area contributed by atoms with Gasteiger partial charge < -0.3 is 10.6 Å². The highest BCUT2D eigenvalue weighted by Gasteiger charge is 2.32. The fourth-order valence-electron chi connectivity index (χ4n) is 2.75. The van der Waals surface area contributed by atoms with Crippen LogP contribution in [0.4, 0.5) is 4.79 Å². The molecule has 6 nitrogen and oxygen atoms in total. The highest BCUT2D eigenvalue weighted by molar-refractivity contribution is 5.95. The Morgan fingerprint density at radius 2 is 2.10 bits per heavy atom. The van der Waals surface area contributed by atoms with Gasteiger partial charge in [-0.25, -0.2) is 4.79 Å². The molecule has 0 spiro atoms. The van der Waals surface area contributed by atoms with Gasteiger partial charge in [-0.3, -0.25) is 15.0 Å². The van der Waals surface area contributed by atoms with E-state index in [1.807, 2.05) is 6.92 Å². The van der Waals surface area contributed by atoms with Crippen molar-refractivity contribution in [3.63, 3.8) is 0 Å². The minimum Gasteiger partial charge on any atom is -0.338 e. The van der Waals surface area contributed by atoms with Gasteiger partial charge in [-0.15, -0.1) is 0 Å². The standard InChI is InChI=1S/C14H26N4O2/c1-2-16-14(20)17-13(19)10-18(12-5-6-12)9-11-4-3-7-15-8-11/h11-12,15H,2-10H2,1H3,(H2,16,17,19,20). The van der Waals surface area contributed by atoms with E-state index in [0.717, 1.165) is 19.6 Å². The van der Waals surface area contributed by atoms with Crippen molar-refractivity contribution in [3.05, 3.63) is 0 Å². The number of carbonyl (C=O) groups is 2. The second kappa shape index (κ2) is 7.59. The summed E-state index contributed by atoms with van der Waals surface area (Å²) in [6.07, 6.45) is 4.80. The highest BCUT2D eigenvalue weighted by atomic mass is 16.2. The molecule has 2 fully saturated rings. The number of hydrogen-bond acceptors (Lipinski definition) is 4. The topological polar surface area (TPSA) is 73.5 Å². The van der Waals surface area contributed by atoms with Gasteiger partial charge in [-0.1, -0.05) is 0 Å². The van der Waals surface area contributed by atoms with Gasteiger partial charge >= 0.3 is 6.03 Å². The lowest BCUT2D eigenvalue weighted by Gasteiger charge is -2.29. The summed E-state index contributed by atoms with van der Waals surface area (Å²) in [5, 5.41) is 8.37. The molecule has 1 saturated heterocycles. The van der Waals surface area contributed by atoms with Gasteiger partial charge in [0.2, 0.25) is 5.91 Å². The van der Waals surface area contributed by atoms with Crippen LogP contribution in [0.25, 0.3) is 0 Å². The van der Waals surface area contributed by atoms with Gasteiger partial charge in [0.15, 0.2) is 0 Å². The molecular formula is C14H26N4O2. The van der Waals surface area contributed by atoms with E-state index in [1.54, 1.807) is 0 Å². The third-order valence-electron chi connectivity index (χ3n) is 3.89. The number of nitrogens with one attached hydrogen (secondary N) is 3. The predicted molar refractivity (Wildman–Crippen MR) is 77.4 cm³/mol. The number of amides is 3. The molecule has 1 saturated carbocycles. The Kier molecular flexibility index (Phi) is 5.79. The van der Waals surface area contributed by atoms with Gasteiger partial charge in [0.05, 0.1) is 6.54 Å². The van der Waals surface area contributed by atoms with E-state index >= 15 is 0 Å². The first-order valence-electron chi connectivity index (χ1n) is 7.71. The van der Waals surface area contributed by atoms with Crippen LogP contribution >= 0.6 is 0 Å². The van der Waals surface area contributed by atoms with Gasteiger partial charge in [-0.05, 0) is 51.6 Å². The van der Waals surface area contributed by atoms with Crippen molar-refractivity contribution in [2.45, 2.75) is 38.6 Å². The quantitative estimate of drug-likeness (QED) is 0.655. The number of rotatable bonds is 6. The average Bonchev–Trinajstić information content (AvgIpc) is 3.23. The van der Waals surface area contributed by atoms with Crippen LogP contribution in [-0.4, -0.2) is 55.6 Å². The Morgan fingerprint density at radius 1 is 1.30 bits per heavy atom. The lowest BCUT2D eigenvalue weighted by atomic mass is 9.99. The van der Waals surface area contributed by atoms with Gasteiger partial charge in [-0.2, -0.15) is 0 Å². The molecule has 1 heterocycles. The molecule has 1 aliphatic heterocycles. The summed E-state index contributed by atoms with van der Waals surface area (Å²) in [7, 11) is 0. The molecule has 0 bridgehead atoms. The molecule has 114 valence electrons. The predicted octanol–water partition coefficient (Wildman–Crippen LogP) is 0.296.